The van der Waals surface area contributed by atoms with E-state index in [-0.39, 0.29) is 5.92 Å². The van der Waals surface area contributed by atoms with Crippen molar-refractivity contribution in [1.29, 1.82) is 0 Å². The Morgan fingerprint density at radius 1 is 0.470 bits per heavy atom. The largest absolute Gasteiger partial charge is 0.481 e. The Bertz CT molecular complexity index is 6960. The number of piperidine rings is 5. The molecule has 0 bridgehead atoms. The number of rotatable bonds is 13. The molecule has 684 valence electrons. The maximum Gasteiger partial charge on any atom is 0.248 e. The van der Waals surface area contributed by atoms with Gasteiger partial charge in [0.05, 0.1) is 96.8 Å². The number of nitrogens with zero attached hydrogens (tertiary/aromatic N) is 22. The van der Waals surface area contributed by atoms with Gasteiger partial charge in [-0.05, 0) is 210 Å². The molecule has 22 rings (SSSR count). The summed E-state index contributed by atoms with van der Waals surface area (Å²) in [7, 11) is 3.48. The number of amides is 1. The van der Waals surface area contributed by atoms with Crippen molar-refractivity contribution in [2.75, 3.05) is 107 Å². The Morgan fingerprint density at radius 2 is 0.924 bits per heavy atom. The molecule has 20 N–H and O–H groups in total. The lowest BCUT2D eigenvalue weighted by Crippen LogP contribution is -2.29. The van der Waals surface area contributed by atoms with Crippen LogP contribution in [0, 0.1) is 6.92 Å². The third kappa shape index (κ3) is 19.1. The van der Waals surface area contributed by atoms with Crippen molar-refractivity contribution in [3.05, 3.63) is 209 Å². The number of carbonyl (C=O) groups is 1. The molecule has 0 saturated carbocycles. The van der Waals surface area contributed by atoms with Crippen LogP contribution < -0.4 is 71.5 Å². The van der Waals surface area contributed by atoms with Crippen molar-refractivity contribution in [3.63, 3.8) is 0 Å². The topological polar surface area (TPSA) is 509 Å². The van der Waals surface area contributed by atoms with Gasteiger partial charge in [0.25, 0.3) is 0 Å². The minimum Gasteiger partial charge on any atom is -0.481 e. The van der Waals surface area contributed by atoms with Crippen LogP contribution in [0.3, 0.4) is 0 Å². The molecular weight excluding hydrogens is 1960 g/mol. The molecule has 5 unspecified atom stereocenters. The molecule has 5 aliphatic rings. The van der Waals surface area contributed by atoms with Gasteiger partial charge >= 0.3 is 0 Å². The minimum atomic E-state index is -0.465. The molecule has 5 saturated heterocycles. The van der Waals surface area contributed by atoms with Crippen LogP contribution in [0.4, 0.5) is 34.9 Å². The van der Waals surface area contributed by atoms with E-state index in [1.165, 1.54) is 6.42 Å². The molecule has 132 heavy (non-hydrogen) atoms. The normalized spacial score (nSPS) is 17.5. The molecule has 5 aliphatic heterocycles. The lowest BCUT2D eigenvalue weighted by atomic mass is 9.95. The summed E-state index contributed by atoms with van der Waals surface area (Å²) in [5, 5.41) is 47.9. The number of aromatic nitrogens is 23. The number of methoxy groups -OCH3 is 1. The Balaban J connectivity index is 0.000000111. The second-order valence-corrected chi connectivity index (χ2v) is 36.6. The van der Waals surface area contributed by atoms with E-state index in [2.05, 4.69) is 153 Å². The van der Waals surface area contributed by atoms with Crippen molar-refractivity contribution >= 4 is 150 Å². The smallest absolute Gasteiger partial charge is 0.248 e. The summed E-state index contributed by atoms with van der Waals surface area (Å²) in [5.41, 5.74) is 63.9. The number of benzene rings is 1. The predicted octanol–water partition coefficient (Wildman–Crippen LogP) is 13.1. The first-order chi connectivity index (χ1) is 64.1. The zero-order valence-electron chi connectivity index (χ0n) is 73.1. The lowest BCUT2D eigenvalue weighted by molar-refractivity contribution is 0.1000. The maximum absolute atomic E-state index is 11.5. The second kappa shape index (κ2) is 40.9. The number of fused-ring (bicyclic) bond motifs is 6. The average Bonchev–Trinajstić information content (AvgIpc) is 1.60. The molecule has 5 atom stereocenters. The molecular formula is C90H102Br4ClN35O2. The number of hydrogen-bond acceptors (Lipinski definition) is 28. The van der Waals surface area contributed by atoms with Crippen molar-refractivity contribution < 1.29 is 9.53 Å². The number of primary amides is 1. The molecule has 1 amide bonds. The summed E-state index contributed by atoms with van der Waals surface area (Å²) in [6.07, 6.45) is 35.6. The van der Waals surface area contributed by atoms with Crippen LogP contribution in [-0.4, -0.2) is 191 Å². The standard InChI is InChI=1S/C18H19BrN6O.C17H19BrN6O.C16H17BrN6.C15H18ClN7.C15H18N6.C9H11BrN4/c19-14-15(12-5-2-6-22-8-12)24-18-13(9-23-25(18)16(14)20)10-3-1-4-11(7-10)17(21)26;1-25-13-5-4-10(8-21-13)12-9-22-24-16(19)14(18)15(23-17(12)24)11-3-2-6-20-7-11;17-13-14(11-4-2-6-20-8-11)22-16-12(9-21-23(16)15(13)18)10-3-1-5-19-7-10;1-22-8-10(6-19-22)11-7-20-23-14(17)12(16)13(21-15(11)23)9-3-2-4-18-5-9;16-14-6-13(11-2-1-4-17-8-11)20-15-12(9-19-21(14)15)10-3-5-18-7-10;1-3-6-5(2)13-9-7(10)4-12-14(9)8(6)11/h1,3-4,7,9,12,22H,2,5-6,8,20H2,(H2,21,26);4-5,8-9,11,20H,2-3,6-7,19H2,1H3;1,3,5,7,9,11,20H,2,4,6,8,18H2;6-9,18H,2-5,17H2,1H3;3,5-7,9,11,17-18H,1-2,4,8,16H2;4H,3,11H2,1-2H3. The minimum absolute atomic E-state index is 0.278. The molecule has 21 heterocycles. The first kappa shape index (κ1) is 91.7. The monoisotopic (exact) mass is 2060 g/mol. The van der Waals surface area contributed by atoms with E-state index in [1.807, 2.05) is 87.4 Å². The van der Waals surface area contributed by atoms with Crippen LogP contribution in [0.5, 0.6) is 5.88 Å². The van der Waals surface area contributed by atoms with E-state index in [1.54, 1.807) is 107 Å². The van der Waals surface area contributed by atoms with Crippen LogP contribution in [-0.2, 0) is 13.5 Å². The molecule has 0 spiro atoms. The zero-order chi connectivity index (χ0) is 92.0. The summed E-state index contributed by atoms with van der Waals surface area (Å²) < 4.78 is 20.2. The summed E-state index contributed by atoms with van der Waals surface area (Å²) in [6.45, 7) is 13.9. The number of aryl methyl sites for hydroxylation is 2. The van der Waals surface area contributed by atoms with Gasteiger partial charge in [-0.25, -0.2) is 34.9 Å². The summed E-state index contributed by atoms with van der Waals surface area (Å²) >= 11 is 20.7. The SMILES string of the molecule is CCc1c(C)nc2c(Br)cnn2c1N.COc1ccc(-c2cnn3c(N)c(Br)c(C4CCCNC4)nc23)cn1.Cn1cc(-c2cnn3c(N)c(Cl)c(C4CCCNC4)nc23)cn1.NC(=O)c1cccc(-c2cnn3c(N)c(Br)c(C4CCCNC4)nc23)c1.Nc1c(Br)c(C2CCCNC2)nc2c(-c3cccnc3)cnn12.Nc1cc(C2CCCNC2)nc2c(-c3cc[nH]c3)cnn12. The first-order valence-electron chi connectivity index (χ1n) is 43.8. The molecule has 16 aromatic heterocycles. The van der Waals surface area contributed by atoms with E-state index in [9.17, 15) is 4.79 Å². The Hall–Kier alpha value is -12.2. The van der Waals surface area contributed by atoms with E-state index >= 15 is 0 Å². The highest BCUT2D eigenvalue weighted by atomic mass is 79.9. The van der Waals surface area contributed by atoms with Crippen molar-refractivity contribution in [2.24, 2.45) is 12.8 Å². The number of nitrogens with one attached hydrogen (secondary N) is 6. The predicted molar refractivity (Wildman–Crippen MR) is 528 cm³/mol. The van der Waals surface area contributed by atoms with Crippen LogP contribution in [0.25, 0.3) is 89.5 Å². The highest BCUT2D eigenvalue weighted by Crippen LogP contribution is 2.42. The second-order valence-electron chi connectivity index (χ2n) is 33.0. The van der Waals surface area contributed by atoms with Crippen molar-refractivity contribution in [2.45, 2.75) is 114 Å². The number of pyridine rings is 2. The fourth-order valence-electron chi connectivity index (χ4n) is 17.5. The zero-order valence-corrected chi connectivity index (χ0v) is 80.2. The van der Waals surface area contributed by atoms with Gasteiger partial charge < -0.3 is 76.4 Å². The van der Waals surface area contributed by atoms with E-state index in [0.29, 0.717) is 80.7 Å². The molecule has 17 aromatic rings. The number of anilines is 6. The van der Waals surface area contributed by atoms with Gasteiger partial charge in [0.2, 0.25) is 11.8 Å². The first-order valence-corrected chi connectivity index (χ1v) is 47.4. The Morgan fingerprint density at radius 3 is 1.38 bits per heavy atom. The number of nitrogens with two attached hydrogens (primary N) is 7. The number of carbonyl (C=O) groups excluding carboxylic acids is 1. The van der Waals surface area contributed by atoms with Gasteiger partial charge in [-0.2, -0.15) is 62.8 Å². The number of ether oxygens (including phenoxy) is 1. The Kier molecular flexibility index (Phi) is 28.4. The third-order valence-electron chi connectivity index (χ3n) is 24.5. The van der Waals surface area contributed by atoms with Crippen LogP contribution in [0.2, 0.25) is 5.02 Å². The van der Waals surface area contributed by atoms with Crippen LogP contribution in [0.1, 0.15) is 151 Å². The average molecular weight is 2060 g/mol. The number of aromatic amines is 1. The number of halogens is 5. The van der Waals surface area contributed by atoms with Gasteiger partial charge in [-0.3, -0.25) is 14.5 Å². The van der Waals surface area contributed by atoms with E-state index in [0.717, 1.165) is 271 Å². The van der Waals surface area contributed by atoms with Gasteiger partial charge in [0.15, 0.2) is 33.9 Å². The molecule has 0 aliphatic carbocycles. The van der Waals surface area contributed by atoms with Gasteiger partial charge in [0.1, 0.15) is 39.9 Å². The van der Waals surface area contributed by atoms with Crippen molar-refractivity contribution in [1.82, 2.24) is 139 Å². The van der Waals surface area contributed by atoms with Gasteiger partial charge in [-0.1, -0.05) is 36.7 Å². The van der Waals surface area contributed by atoms with Crippen LogP contribution in [0.15, 0.2) is 159 Å². The molecule has 1 aromatic carbocycles. The summed E-state index contributed by atoms with van der Waals surface area (Å²) in [4.78, 5) is 51.8. The number of hydrogen-bond donors (Lipinski definition) is 13. The fourth-order valence-corrected chi connectivity index (χ4v) is 19.8. The number of H-pyrrole nitrogens is 1. The number of nitrogen functional groups attached to an aromatic ring is 6. The van der Waals surface area contributed by atoms with E-state index < -0.39 is 5.91 Å². The van der Waals surface area contributed by atoms with Crippen LogP contribution >= 0.6 is 75.3 Å². The van der Waals surface area contributed by atoms with Crippen molar-refractivity contribution in [3.8, 4) is 61.5 Å². The maximum atomic E-state index is 11.5. The quantitative estimate of drug-likeness (QED) is 0.0510. The molecule has 0 radical (unpaired) electrons. The highest BCUT2D eigenvalue weighted by molar-refractivity contribution is 9.11. The summed E-state index contributed by atoms with van der Waals surface area (Å²) in [6, 6.07) is 18.8. The molecule has 5 fully saturated rings. The third-order valence-corrected chi connectivity index (χ3v) is 27.9. The fraction of sp³-hybridized carbons (Fsp3) is 0.333. The molecule has 42 heteroatoms. The Labute approximate surface area is 797 Å². The van der Waals surface area contributed by atoms with E-state index in [4.69, 9.17) is 81.4 Å². The highest BCUT2D eigenvalue weighted by Gasteiger charge is 2.31. The lowest BCUT2D eigenvalue weighted by Gasteiger charge is -2.23. The molecule has 37 nitrogen and oxygen atoms in total. The summed E-state index contributed by atoms with van der Waals surface area (Å²) in [5.74, 6) is 5.25. The van der Waals surface area contributed by atoms with Gasteiger partial charge in [0, 0.05) is 186 Å². The van der Waals surface area contributed by atoms with Gasteiger partial charge in [-0.15, -0.1) is 0 Å².